The molecule has 9 heteroatoms. The Hall–Kier alpha value is -1.32. The maximum absolute atomic E-state index is 11.8. The Balaban J connectivity index is 0.000000967. The molecule has 0 aromatic carbocycles. The molecule has 0 N–H and O–H groups in total. The van der Waals surface area contributed by atoms with Gasteiger partial charge in [0.1, 0.15) is 0 Å². The predicted octanol–water partition coefficient (Wildman–Crippen LogP) is 1.57. The second-order valence-corrected chi connectivity index (χ2v) is 12.0. The number of carbonyl (C=O) groups is 4. The van der Waals surface area contributed by atoms with Gasteiger partial charge in [0.05, 0.1) is 0 Å². The van der Waals surface area contributed by atoms with Gasteiger partial charge >= 0.3 is 150 Å². The molecule has 0 saturated heterocycles. The predicted molar refractivity (Wildman–Crippen MR) is 112 cm³/mol. The molecular weight excluding hydrogens is 511 g/mol. The van der Waals surface area contributed by atoms with Crippen molar-refractivity contribution in [3.8, 4) is 0 Å². The third-order valence-corrected chi connectivity index (χ3v) is 8.16. The van der Waals surface area contributed by atoms with Gasteiger partial charge in [0.15, 0.2) is 0 Å². The molecule has 2 rings (SSSR count). The van der Waals surface area contributed by atoms with Crippen LogP contribution in [-0.4, -0.2) is 57.2 Å². The molecule has 176 valence electrons. The Morgan fingerprint density at radius 1 is 0.677 bits per heavy atom. The van der Waals surface area contributed by atoms with Crippen LogP contribution in [0.1, 0.15) is 90.9 Å². The summed E-state index contributed by atoms with van der Waals surface area (Å²) >= 11 is -0.629. The molecule has 2 saturated carbocycles. The molecule has 0 atom stereocenters. The summed E-state index contributed by atoms with van der Waals surface area (Å²) in [5, 5.41) is 17.8. The van der Waals surface area contributed by atoms with E-state index in [1.54, 1.807) is 0 Å². The Morgan fingerprint density at radius 3 is 1.26 bits per heavy atom. The standard InChI is InChI=1S/2C9H15O2.2C2H4O2.Sn/c2*1-2-9(10)11-8-6-4-3-5-7-8;2*1-2(3)4;/h2*8H,1-7H2;2*1H3,(H,3,4);/q;;;;+2/p-2. The number of aliphatic carboxylic acids is 2. The van der Waals surface area contributed by atoms with Gasteiger partial charge in [0.25, 0.3) is 0 Å². The molecule has 0 aromatic rings. The first kappa shape index (κ1) is 29.7. The van der Waals surface area contributed by atoms with E-state index < -0.39 is 33.1 Å². The molecule has 8 nitrogen and oxygen atoms in total. The number of hydrogen-bond donors (Lipinski definition) is 0. The van der Waals surface area contributed by atoms with Gasteiger partial charge in [-0.05, 0) is 13.8 Å². The van der Waals surface area contributed by atoms with E-state index in [1.165, 1.54) is 38.5 Å². The fourth-order valence-corrected chi connectivity index (χ4v) is 6.25. The number of carboxylic acids is 2. The van der Waals surface area contributed by atoms with Gasteiger partial charge in [-0.2, -0.15) is 0 Å². The second kappa shape index (κ2) is 19.4. The van der Waals surface area contributed by atoms with E-state index in [1.807, 2.05) is 0 Å². The van der Waals surface area contributed by atoms with Crippen molar-refractivity contribution in [1.29, 1.82) is 0 Å². The van der Waals surface area contributed by atoms with Crippen LogP contribution in [0.4, 0.5) is 0 Å². The molecule has 31 heavy (non-hydrogen) atoms. The number of esters is 2. The monoisotopic (exact) mass is 548 g/mol. The summed E-state index contributed by atoms with van der Waals surface area (Å²) in [5.74, 6) is -2.22. The van der Waals surface area contributed by atoms with E-state index in [4.69, 9.17) is 29.3 Å². The number of hydrogen-bond acceptors (Lipinski definition) is 8. The summed E-state index contributed by atoms with van der Waals surface area (Å²) in [6.07, 6.45) is 12.9. The normalized spacial score (nSPS) is 16.3. The van der Waals surface area contributed by atoms with E-state index in [2.05, 4.69) is 0 Å². The van der Waals surface area contributed by atoms with Crippen LogP contribution < -0.4 is 10.2 Å². The van der Waals surface area contributed by atoms with Crippen LogP contribution in [0.2, 0.25) is 8.87 Å². The SMILES string of the molecule is CC(=O)[O-].CC(=O)[O-].O=C(C[CH2][Sn+2][CH2]CC(=O)OC1CCCCC1)OC1CCCCC1. The van der Waals surface area contributed by atoms with Gasteiger partial charge in [-0.15, -0.1) is 0 Å². The summed E-state index contributed by atoms with van der Waals surface area (Å²) in [6.45, 7) is 1.94. The first-order chi connectivity index (χ1) is 14.7. The maximum atomic E-state index is 11.8. The fourth-order valence-electron chi connectivity index (χ4n) is 3.36. The van der Waals surface area contributed by atoms with Gasteiger partial charge in [-0.1, -0.05) is 0 Å². The Morgan fingerprint density at radius 2 is 0.968 bits per heavy atom. The zero-order valence-corrected chi connectivity index (χ0v) is 21.7. The Kier molecular flexibility index (Phi) is 18.5. The van der Waals surface area contributed by atoms with Gasteiger partial charge in [-0.25, -0.2) is 0 Å². The van der Waals surface area contributed by atoms with Crippen LogP contribution >= 0.6 is 0 Å². The van der Waals surface area contributed by atoms with Crippen LogP contribution in [0.15, 0.2) is 0 Å². The van der Waals surface area contributed by atoms with E-state index in [9.17, 15) is 9.59 Å². The number of carbonyl (C=O) groups excluding carboxylic acids is 4. The molecule has 2 aliphatic rings. The molecule has 0 aromatic heterocycles. The summed E-state index contributed by atoms with van der Waals surface area (Å²) in [6, 6.07) is 0. The molecule has 0 radical (unpaired) electrons. The summed E-state index contributed by atoms with van der Waals surface area (Å²) < 4.78 is 13.0. The average molecular weight is 547 g/mol. The second-order valence-electron chi connectivity index (χ2n) is 7.73. The molecule has 0 amide bonds. The summed E-state index contributed by atoms with van der Waals surface area (Å²) in [5.41, 5.74) is 0. The van der Waals surface area contributed by atoms with E-state index >= 15 is 0 Å². The molecular formula is C22H36O8Sn. The van der Waals surface area contributed by atoms with E-state index in [-0.39, 0.29) is 24.1 Å². The molecule has 0 heterocycles. The quantitative estimate of drug-likeness (QED) is 0.254. The molecule has 0 spiro atoms. The van der Waals surface area contributed by atoms with Crippen LogP contribution in [0.3, 0.4) is 0 Å². The van der Waals surface area contributed by atoms with E-state index in [0.29, 0.717) is 12.8 Å². The minimum atomic E-state index is -1.08. The van der Waals surface area contributed by atoms with Crippen molar-refractivity contribution < 1.29 is 38.9 Å². The van der Waals surface area contributed by atoms with Gasteiger partial charge in [0.2, 0.25) is 0 Å². The van der Waals surface area contributed by atoms with Crippen LogP contribution in [0.5, 0.6) is 0 Å². The summed E-state index contributed by atoms with van der Waals surface area (Å²) in [4.78, 5) is 41.3. The number of rotatable bonds is 8. The zero-order chi connectivity index (χ0) is 23.5. The first-order valence-corrected chi connectivity index (χ1v) is 15.2. The van der Waals surface area contributed by atoms with Crippen molar-refractivity contribution in [3.63, 3.8) is 0 Å². The molecule has 2 aliphatic carbocycles. The van der Waals surface area contributed by atoms with Gasteiger partial charge in [0, 0.05) is 11.9 Å². The zero-order valence-electron chi connectivity index (χ0n) is 18.8. The van der Waals surface area contributed by atoms with Crippen molar-refractivity contribution >= 4 is 45.0 Å². The van der Waals surface area contributed by atoms with Gasteiger partial charge < -0.3 is 19.8 Å². The molecule has 0 bridgehead atoms. The molecule has 0 aliphatic heterocycles. The van der Waals surface area contributed by atoms with Crippen molar-refractivity contribution in [2.75, 3.05) is 0 Å². The average Bonchev–Trinajstić information content (AvgIpc) is 2.68. The van der Waals surface area contributed by atoms with Crippen molar-refractivity contribution in [1.82, 2.24) is 0 Å². The number of carboxylic acid groups (broad SMARTS) is 2. The topological polar surface area (TPSA) is 133 Å². The Bertz CT molecular complexity index is 472. The number of ether oxygens (including phenoxy) is 2. The Labute approximate surface area is 195 Å². The minimum absolute atomic E-state index is 0.0254. The van der Waals surface area contributed by atoms with Crippen molar-refractivity contribution in [2.45, 2.75) is 112 Å². The third-order valence-electron chi connectivity index (χ3n) is 4.71. The van der Waals surface area contributed by atoms with E-state index in [0.717, 1.165) is 48.4 Å². The van der Waals surface area contributed by atoms with Crippen LogP contribution in [0, 0.1) is 0 Å². The van der Waals surface area contributed by atoms with Crippen molar-refractivity contribution in [2.24, 2.45) is 0 Å². The molecule has 0 unspecified atom stereocenters. The summed E-state index contributed by atoms with van der Waals surface area (Å²) in [7, 11) is 0. The molecule has 2 fully saturated rings. The van der Waals surface area contributed by atoms with Crippen molar-refractivity contribution in [3.05, 3.63) is 0 Å². The third kappa shape index (κ3) is 21.7. The van der Waals surface area contributed by atoms with Crippen LogP contribution in [-0.2, 0) is 28.7 Å². The fraction of sp³-hybridized carbons (Fsp3) is 0.818. The van der Waals surface area contributed by atoms with Gasteiger partial charge in [-0.3, -0.25) is 0 Å². The first-order valence-electron chi connectivity index (χ1n) is 11.2. The van der Waals surface area contributed by atoms with Crippen LogP contribution in [0.25, 0.3) is 0 Å².